The van der Waals surface area contributed by atoms with Crippen LogP contribution in [0.15, 0.2) is 48.5 Å². The minimum atomic E-state index is -0.504. The second kappa shape index (κ2) is 9.05. The number of nitrogens with two attached hydrogens (primary N) is 1. The number of amides is 1. The maximum Gasteiger partial charge on any atom is 0.228 e. The lowest BCUT2D eigenvalue weighted by atomic mass is 9.96. The Kier molecular flexibility index (Phi) is 5.99. The van der Waals surface area contributed by atoms with E-state index in [9.17, 15) is 9.18 Å². The Labute approximate surface area is 187 Å². The first-order chi connectivity index (χ1) is 15.6. The number of halogens is 1. The summed E-state index contributed by atoms with van der Waals surface area (Å²) in [5.74, 6) is -0.754. The smallest absolute Gasteiger partial charge is 0.228 e. The third kappa shape index (κ3) is 4.05. The summed E-state index contributed by atoms with van der Waals surface area (Å²) in [6.45, 7) is 1.79. The van der Waals surface area contributed by atoms with E-state index in [0.29, 0.717) is 25.1 Å². The number of nitrogens with zero attached hydrogens (tertiary/aromatic N) is 1. The number of hydrogen-bond donors (Lipinski definition) is 4. The highest BCUT2D eigenvalue weighted by atomic mass is 19.1. The third-order valence-electron chi connectivity index (χ3n) is 6.82. The lowest BCUT2D eigenvalue weighted by Gasteiger charge is -2.36. The van der Waals surface area contributed by atoms with Crippen LogP contribution in [0, 0.1) is 11.7 Å². The Hall–Kier alpha value is -2.68. The molecule has 7 nitrogen and oxygen atoms in total. The van der Waals surface area contributed by atoms with Crippen molar-refractivity contribution in [3.8, 4) is 0 Å². The SMILES string of the molecule is NC1C(C(=O)NCC2CCCO2)C2Nc3ccccc3NC2N1CCc1ccccc1F. The molecule has 0 aliphatic carbocycles. The molecule has 8 heteroatoms. The van der Waals surface area contributed by atoms with Gasteiger partial charge in [-0.3, -0.25) is 9.69 Å². The van der Waals surface area contributed by atoms with Gasteiger partial charge in [-0.05, 0) is 43.0 Å². The van der Waals surface area contributed by atoms with E-state index in [1.807, 2.05) is 30.3 Å². The molecule has 0 spiro atoms. The second-order valence-corrected chi connectivity index (χ2v) is 8.78. The van der Waals surface area contributed by atoms with Crippen molar-refractivity contribution < 1.29 is 13.9 Å². The highest BCUT2D eigenvalue weighted by Gasteiger charge is 2.52. The van der Waals surface area contributed by atoms with Crippen molar-refractivity contribution in [2.24, 2.45) is 11.7 Å². The molecule has 0 bridgehead atoms. The average molecular weight is 440 g/mol. The molecule has 2 fully saturated rings. The number of benzene rings is 2. The van der Waals surface area contributed by atoms with Crippen molar-refractivity contribution in [3.05, 3.63) is 59.9 Å². The molecule has 32 heavy (non-hydrogen) atoms. The Morgan fingerprint density at radius 3 is 2.66 bits per heavy atom. The Morgan fingerprint density at radius 1 is 1.16 bits per heavy atom. The summed E-state index contributed by atoms with van der Waals surface area (Å²) in [5, 5.41) is 10.2. The Bertz CT molecular complexity index is 967. The minimum absolute atomic E-state index is 0.0719. The van der Waals surface area contributed by atoms with Gasteiger partial charge in [0.2, 0.25) is 5.91 Å². The molecule has 2 saturated heterocycles. The standard InChI is InChI=1S/C24H30FN5O2/c25-17-8-2-1-6-15(17)11-12-30-22(26)20(24(31)27-14-16-7-5-13-32-16)21-23(30)29-19-10-4-3-9-18(19)28-21/h1-4,6,8-10,16,20-23,28-29H,5,7,11-14,26H2,(H,27,31). The van der Waals surface area contributed by atoms with Gasteiger partial charge in [0.1, 0.15) is 12.0 Å². The van der Waals surface area contributed by atoms with E-state index >= 15 is 0 Å². The molecule has 2 aromatic carbocycles. The summed E-state index contributed by atoms with van der Waals surface area (Å²) in [4.78, 5) is 15.3. The van der Waals surface area contributed by atoms with Crippen LogP contribution in [-0.2, 0) is 16.0 Å². The predicted molar refractivity (Wildman–Crippen MR) is 122 cm³/mol. The van der Waals surface area contributed by atoms with Gasteiger partial charge in [0, 0.05) is 19.7 Å². The van der Waals surface area contributed by atoms with Gasteiger partial charge in [0.05, 0.1) is 35.6 Å². The van der Waals surface area contributed by atoms with Gasteiger partial charge in [-0.1, -0.05) is 30.3 Å². The number of carbonyl (C=O) groups is 1. The molecule has 5 rings (SSSR count). The van der Waals surface area contributed by atoms with Gasteiger partial charge < -0.3 is 26.4 Å². The fourth-order valence-corrected chi connectivity index (χ4v) is 5.12. The maximum absolute atomic E-state index is 14.2. The average Bonchev–Trinajstić information content (AvgIpc) is 3.41. The lowest BCUT2D eigenvalue weighted by Crippen LogP contribution is -2.50. The molecule has 5 N–H and O–H groups in total. The number of likely N-dealkylation sites (tertiary alicyclic amines) is 1. The van der Waals surface area contributed by atoms with Crippen molar-refractivity contribution >= 4 is 17.3 Å². The molecule has 0 radical (unpaired) electrons. The number of para-hydroxylation sites is 2. The summed E-state index contributed by atoms with van der Waals surface area (Å²) in [6, 6.07) is 14.5. The highest BCUT2D eigenvalue weighted by Crippen LogP contribution is 2.38. The number of hydrogen-bond acceptors (Lipinski definition) is 6. The Balaban J connectivity index is 1.35. The van der Waals surface area contributed by atoms with E-state index in [1.165, 1.54) is 6.07 Å². The number of ether oxygens (including phenoxy) is 1. The molecule has 3 aliphatic rings. The van der Waals surface area contributed by atoms with Crippen LogP contribution in [0.1, 0.15) is 18.4 Å². The van der Waals surface area contributed by atoms with E-state index in [4.69, 9.17) is 10.5 Å². The van der Waals surface area contributed by atoms with Crippen LogP contribution in [0.4, 0.5) is 15.8 Å². The van der Waals surface area contributed by atoms with Crippen molar-refractivity contribution in [2.75, 3.05) is 30.3 Å². The first kappa shape index (κ1) is 21.2. The van der Waals surface area contributed by atoms with Crippen LogP contribution in [0.2, 0.25) is 0 Å². The molecule has 0 saturated carbocycles. The van der Waals surface area contributed by atoms with E-state index in [-0.39, 0.29) is 30.0 Å². The topological polar surface area (TPSA) is 91.7 Å². The molecule has 170 valence electrons. The number of anilines is 2. The zero-order valence-corrected chi connectivity index (χ0v) is 18.0. The minimum Gasteiger partial charge on any atom is -0.376 e. The quantitative estimate of drug-likeness (QED) is 0.551. The fourth-order valence-electron chi connectivity index (χ4n) is 5.12. The van der Waals surface area contributed by atoms with Gasteiger partial charge in [-0.15, -0.1) is 0 Å². The van der Waals surface area contributed by atoms with Crippen LogP contribution in [0.25, 0.3) is 0 Å². The molecular weight excluding hydrogens is 409 g/mol. The third-order valence-corrected chi connectivity index (χ3v) is 6.82. The second-order valence-electron chi connectivity index (χ2n) is 8.78. The number of rotatable bonds is 6. The first-order valence-corrected chi connectivity index (χ1v) is 11.4. The number of carbonyl (C=O) groups excluding carboxylic acids is 1. The normalized spacial score (nSPS) is 29.0. The summed E-state index contributed by atoms with van der Waals surface area (Å²) >= 11 is 0. The first-order valence-electron chi connectivity index (χ1n) is 11.4. The van der Waals surface area contributed by atoms with Crippen LogP contribution >= 0.6 is 0 Å². The molecule has 0 aromatic heterocycles. The van der Waals surface area contributed by atoms with E-state index in [1.54, 1.807) is 12.1 Å². The summed E-state index contributed by atoms with van der Waals surface area (Å²) in [5.41, 5.74) is 9.23. The zero-order valence-electron chi connectivity index (χ0n) is 18.0. The summed E-state index contributed by atoms with van der Waals surface area (Å²) < 4.78 is 19.8. The molecule has 5 unspecified atom stereocenters. The van der Waals surface area contributed by atoms with Crippen molar-refractivity contribution in [1.82, 2.24) is 10.2 Å². The summed E-state index contributed by atoms with van der Waals surface area (Å²) in [7, 11) is 0. The monoisotopic (exact) mass is 439 g/mol. The molecule has 1 amide bonds. The van der Waals surface area contributed by atoms with Gasteiger partial charge in [-0.2, -0.15) is 0 Å². The Morgan fingerprint density at radius 2 is 1.91 bits per heavy atom. The van der Waals surface area contributed by atoms with Crippen LogP contribution < -0.4 is 21.7 Å². The van der Waals surface area contributed by atoms with Crippen molar-refractivity contribution in [3.63, 3.8) is 0 Å². The van der Waals surface area contributed by atoms with E-state index < -0.39 is 12.1 Å². The number of nitrogens with one attached hydrogen (secondary N) is 3. The van der Waals surface area contributed by atoms with Gasteiger partial charge >= 0.3 is 0 Å². The van der Waals surface area contributed by atoms with Crippen LogP contribution in [0.3, 0.4) is 0 Å². The molecule has 3 heterocycles. The molecule has 3 aliphatic heterocycles. The van der Waals surface area contributed by atoms with E-state index in [2.05, 4.69) is 20.9 Å². The molecular formula is C24H30FN5O2. The summed E-state index contributed by atoms with van der Waals surface area (Å²) in [6.07, 6.45) is 1.89. The van der Waals surface area contributed by atoms with Crippen LogP contribution in [0.5, 0.6) is 0 Å². The number of fused-ring (bicyclic) bond motifs is 2. The van der Waals surface area contributed by atoms with Gasteiger partial charge in [0.15, 0.2) is 0 Å². The fraction of sp³-hybridized carbons (Fsp3) is 0.458. The largest absolute Gasteiger partial charge is 0.376 e. The van der Waals surface area contributed by atoms with E-state index in [0.717, 1.165) is 30.8 Å². The molecule has 5 atom stereocenters. The zero-order chi connectivity index (χ0) is 22.1. The van der Waals surface area contributed by atoms with Crippen LogP contribution in [-0.4, -0.2) is 55.0 Å². The maximum atomic E-state index is 14.2. The highest BCUT2D eigenvalue weighted by molar-refractivity contribution is 5.83. The van der Waals surface area contributed by atoms with Crippen molar-refractivity contribution in [1.29, 1.82) is 0 Å². The van der Waals surface area contributed by atoms with Crippen molar-refractivity contribution in [2.45, 2.75) is 43.7 Å². The van der Waals surface area contributed by atoms with Gasteiger partial charge in [-0.25, -0.2) is 4.39 Å². The predicted octanol–water partition coefficient (Wildman–Crippen LogP) is 2.11. The lowest BCUT2D eigenvalue weighted by molar-refractivity contribution is -0.126. The van der Waals surface area contributed by atoms with Gasteiger partial charge in [0.25, 0.3) is 0 Å². The molecule has 2 aromatic rings.